The molecule has 3 aromatic carbocycles. The third kappa shape index (κ3) is 5.25. The van der Waals surface area contributed by atoms with Crippen LogP contribution in [0.25, 0.3) is 0 Å². The Morgan fingerprint density at radius 1 is 1.06 bits per heavy atom. The van der Waals surface area contributed by atoms with Crippen LogP contribution in [-0.2, 0) is 16.6 Å². The van der Waals surface area contributed by atoms with E-state index in [1.165, 1.54) is 34.6 Å². The highest BCUT2D eigenvalue weighted by Crippen LogP contribution is 2.35. The van der Waals surface area contributed by atoms with Gasteiger partial charge in [-0.2, -0.15) is 0 Å². The van der Waals surface area contributed by atoms with E-state index in [1.807, 2.05) is 0 Å². The fraction of sp³-hybridized carbons (Fsp3) is 0.0870. The van der Waals surface area contributed by atoms with Gasteiger partial charge in [-0.15, -0.1) is 6.58 Å². The first kappa shape index (κ1) is 22.4. The average molecular weight is 458 g/mol. The molecule has 0 radical (unpaired) electrons. The van der Waals surface area contributed by atoms with Gasteiger partial charge in [-0.25, -0.2) is 13.2 Å². The van der Waals surface area contributed by atoms with Gasteiger partial charge >= 0.3 is 5.97 Å². The van der Waals surface area contributed by atoms with Crippen LogP contribution < -0.4 is 9.04 Å². The number of halogens is 1. The highest BCUT2D eigenvalue weighted by atomic mass is 35.5. The number of benzene rings is 3. The van der Waals surface area contributed by atoms with Gasteiger partial charge in [0, 0.05) is 11.1 Å². The number of rotatable bonds is 9. The molecule has 3 rings (SSSR count). The monoisotopic (exact) mass is 457 g/mol. The molecule has 3 aromatic rings. The molecule has 0 heterocycles. The minimum Gasteiger partial charge on any atom is -0.487 e. The number of aromatic carboxylic acids is 1. The van der Waals surface area contributed by atoms with Crippen molar-refractivity contribution in [3.63, 3.8) is 0 Å². The number of carboxylic acids is 1. The first-order valence-corrected chi connectivity index (χ1v) is 11.1. The van der Waals surface area contributed by atoms with Crippen LogP contribution in [0.5, 0.6) is 5.75 Å². The molecule has 0 aromatic heterocycles. The molecule has 0 bridgehead atoms. The van der Waals surface area contributed by atoms with Crippen molar-refractivity contribution in [3.05, 3.63) is 102 Å². The van der Waals surface area contributed by atoms with Crippen molar-refractivity contribution in [2.24, 2.45) is 0 Å². The van der Waals surface area contributed by atoms with Crippen LogP contribution in [0.2, 0.25) is 5.02 Å². The Morgan fingerprint density at radius 2 is 1.74 bits per heavy atom. The molecular formula is C23H20ClNO5S. The number of carbonyl (C=O) groups is 1. The molecule has 0 aliphatic heterocycles. The SMILES string of the molecule is C=CCN(c1ccc(Cl)cc1OCc1ccc(C(=O)O)cc1)S(=O)(=O)c1ccccc1. The van der Waals surface area contributed by atoms with Crippen molar-refractivity contribution in [3.8, 4) is 5.75 Å². The van der Waals surface area contributed by atoms with E-state index in [-0.39, 0.29) is 29.4 Å². The lowest BCUT2D eigenvalue weighted by atomic mass is 10.1. The maximum absolute atomic E-state index is 13.3. The third-order valence-corrected chi connectivity index (χ3v) is 6.44. The van der Waals surface area contributed by atoms with Crippen LogP contribution in [0.1, 0.15) is 15.9 Å². The molecule has 0 spiro atoms. The van der Waals surface area contributed by atoms with E-state index >= 15 is 0 Å². The molecule has 31 heavy (non-hydrogen) atoms. The van der Waals surface area contributed by atoms with Gasteiger partial charge in [0.2, 0.25) is 0 Å². The lowest BCUT2D eigenvalue weighted by molar-refractivity contribution is 0.0697. The van der Waals surface area contributed by atoms with Gasteiger partial charge in [-0.05, 0) is 42.0 Å². The van der Waals surface area contributed by atoms with E-state index in [4.69, 9.17) is 21.4 Å². The smallest absolute Gasteiger partial charge is 0.335 e. The minimum atomic E-state index is -3.88. The van der Waals surface area contributed by atoms with Gasteiger partial charge in [0.25, 0.3) is 10.0 Å². The van der Waals surface area contributed by atoms with Crippen LogP contribution in [0, 0.1) is 0 Å². The van der Waals surface area contributed by atoms with Gasteiger partial charge in [0.1, 0.15) is 12.4 Å². The first-order chi connectivity index (χ1) is 14.8. The maximum atomic E-state index is 13.3. The van der Waals surface area contributed by atoms with Crippen LogP contribution >= 0.6 is 11.6 Å². The van der Waals surface area contributed by atoms with Gasteiger partial charge in [0.15, 0.2) is 0 Å². The summed E-state index contributed by atoms with van der Waals surface area (Å²) < 4.78 is 33.6. The second kappa shape index (κ2) is 9.68. The molecule has 0 saturated heterocycles. The standard InChI is InChI=1S/C23H20ClNO5S/c1-2-14-25(31(28,29)20-6-4-3-5-7-20)21-13-12-19(24)15-22(21)30-16-17-8-10-18(11-9-17)23(26)27/h2-13,15H,1,14,16H2,(H,26,27). The summed E-state index contributed by atoms with van der Waals surface area (Å²) >= 11 is 6.13. The number of hydrogen-bond acceptors (Lipinski definition) is 4. The number of anilines is 1. The zero-order valence-corrected chi connectivity index (χ0v) is 18.0. The van der Waals surface area contributed by atoms with Crippen LogP contribution in [0.15, 0.2) is 90.3 Å². The average Bonchev–Trinajstić information content (AvgIpc) is 2.77. The number of hydrogen-bond donors (Lipinski definition) is 1. The predicted molar refractivity (Wildman–Crippen MR) is 120 cm³/mol. The van der Waals surface area contributed by atoms with Gasteiger partial charge < -0.3 is 9.84 Å². The molecule has 1 N–H and O–H groups in total. The fourth-order valence-electron chi connectivity index (χ4n) is 2.88. The Morgan fingerprint density at radius 3 is 2.35 bits per heavy atom. The Balaban J connectivity index is 1.94. The lowest BCUT2D eigenvalue weighted by Crippen LogP contribution is -2.31. The van der Waals surface area contributed by atoms with E-state index in [1.54, 1.807) is 48.5 Å². The molecule has 160 valence electrons. The number of sulfonamides is 1. The molecule has 0 atom stereocenters. The maximum Gasteiger partial charge on any atom is 0.335 e. The normalized spacial score (nSPS) is 11.0. The zero-order chi connectivity index (χ0) is 22.4. The molecule has 0 unspecified atom stereocenters. The molecule has 0 fully saturated rings. The van der Waals surface area contributed by atoms with Gasteiger partial charge in [0.05, 0.1) is 22.7 Å². The van der Waals surface area contributed by atoms with Crippen molar-refractivity contribution in [1.29, 1.82) is 0 Å². The molecule has 0 amide bonds. The first-order valence-electron chi connectivity index (χ1n) is 9.26. The molecule has 0 aliphatic carbocycles. The summed E-state index contributed by atoms with van der Waals surface area (Å²) in [6.45, 7) is 3.80. The summed E-state index contributed by atoms with van der Waals surface area (Å²) in [7, 11) is -3.88. The van der Waals surface area contributed by atoms with Crippen molar-refractivity contribution in [1.82, 2.24) is 0 Å². The predicted octanol–water partition coefficient (Wildman–Crippen LogP) is 5.00. The number of nitrogens with zero attached hydrogens (tertiary/aromatic N) is 1. The van der Waals surface area contributed by atoms with Crippen molar-refractivity contribution >= 4 is 33.3 Å². The lowest BCUT2D eigenvalue weighted by Gasteiger charge is -2.25. The Labute approximate surface area is 186 Å². The van der Waals surface area contributed by atoms with Gasteiger partial charge in [-0.3, -0.25) is 4.31 Å². The van der Waals surface area contributed by atoms with Gasteiger partial charge in [-0.1, -0.05) is 48.0 Å². The minimum absolute atomic E-state index is 0.0303. The van der Waals surface area contributed by atoms with Crippen molar-refractivity contribution < 1.29 is 23.1 Å². The molecule has 6 nitrogen and oxygen atoms in total. The number of ether oxygens (including phenoxy) is 1. The van der Waals surface area contributed by atoms with Crippen molar-refractivity contribution in [2.45, 2.75) is 11.5 Å². The summed E-state index contributed by atoms with van der Waals surface area (Å²) in [6, 6.07) is 19.0. The summed E-state index contributed by atoms with van der Waals surface area (Å²) in [6.07, 6.45) is 1.49. The van der Waals surface area contributed by atoms with E-state index < -0.39 is 16.0 Å². The second-order valence-corrected chi connectivity index (χ2v) is 8.84. The third-order valence-electron chi connectivity index (χ3n) is 4.41. The van der Waals surface area contributed by atoms with E-state index in [0.717, 1.165) is 5.56 Å². The van der Waals surface area contributed by atoms with E-state index in [0.29, 0.717) is 10.7 Å². The second-order valence-electron chi connectivity index (χ2n) is 6.54. The Kier molecular flexibility index (Phi) is 6.99. The topological polar surface area (TPSA) is 83.9 Å². The quantitative estimate of drug-likeness (QED) is 0.457. The summed E-state index contributed by atoms with van der Waals surface area (Å²) in [5, 5.41) is 9.40. The van der Waals surface area contributed by atoms with Crippen LogP contribution in [0.4, 0.5) is 5.69 Å². The summed E-state index contributed by atoms with van der Waals surface area (Å²) in [4.78, 5) is 11.1. The van der Waals surface area contributed by atoms with Crippen LogP contribution in [-0.4, -0.2) is 26.0 Å². The molecule has 0 aliphatic rings. The van der Waals surface area contributed by atoms with Crippen LogP contribution in [0.3, 0.4) is 0 Å². The summed E-state index contributed by atoms with van der Waals surface area (Å²) in [5.74, 6) is -0.744. The van der Waals surface area contributed by atoms with E-state index in [2.05, 4.69) is 6.58 Å². The Bertz CT molecular complexity index is 1180. The molecule has 0 saturated carbocycles. The largest absolute Gasteiger partial charge is 0.487 e. The highest BCUT2D eigenvalue weighted by molar-refractivity contribution is 7.92. The number of carboxylic acid groups (broad SMARTS) is 1. The fourth-order valence-corrected chi connectivity index (χ4v) is 4.51. The van der Waals surface area contributed by atoms with E-state index in [9.17, 15) is 13.2 Å². The highest BCUT2D eigenvalue weighted by Gasteiger charge is 2.26. The zero-order valence-electron chi connectivity index (χ0n) is 16.4. The Hall–Kier alpha value is -3.29. The van der Waals surface area contributed by atoms with Crippen molar-refractivity contribution in [2.75, 3.05) is 10.8 Å². The molecule has 8 heteroatoms. The molecular weight excluding hydrogens is 438 g/mol. The summed E-state index contributed by atoms with van der Waals surface area (Å²) in [5.41, 5.74) is 1.20.